The first-order valence-corrected chi connectivity index (χ1v) is 5.37. The lowest BCUT2D eigenvalue weighted by molar-refractivity contribution is 0.676. The number of nitrogens with two attached hydrogens (primary N) is 1. The average Bonchev–Trinajstić information content (AvgIpc) is 2.67. The van der Waals surface area contributed by atoms with Crippen LogP contribution in [-0.4, -0.2) is 22.3 Å². The topological polar surface area (TPSA) is 43.1 Å². The van der Waals surface area contributed by atoms with Crippen molar-refractivity contribution in [2.75, 3.05) is 18.1 Å². The van der Waals surface area contributed by atoms with Gasteiger partial charge in [-0.05, 0) is 12.3 Å². The summed E-state index contributed by atoms with van der Waals surface area (Å²) in [7, 11) is -0.626. The van der Waals surface area contributed by atoms with E-state index in [1.54, 1.807) is 0 Å². The monoisotopic (exact) mass is 161 g/mol. The molecule has 0 aromatic carbocycles. The molecular weight excluding hydrogens is 146 g/mol. The molecule has 1 unspecified atom stereocenters. The Hall–Kier alpha value is 0.110. The highest BCUT2D eigenvalue weighted by Crippen LogP contribution is 2.32. The third kappa shape index (κ3) is 3.32. The number of rotatable bonds is 5. The SMILES string of the molecule is NCCS(=O)CCC1CC1. The van der Waals surface area contributed by atoms with Crippen LogP contribution in [0.15, 0.2) is 0 Å². The van der Waals surface area contributed by atoms with Crippen LogP contribution in [0.2, 0.25) is 0 Å². The van der Waals surface area contributed by atoms with Crippen molar-refractivity contribution in [2.45, 2.75) is 19.3 Å². The summed E-state index contributed by atoms with van der Waals surface area (Å²) in [6.07, 6.45) is 3.88. The van der Waals surface area contributed by atoms with E-state index in [0.29, 0.717) is 12.3 Å². The second kappa shape index (κ2) is 4.09. The third-order valence-corrected chi connectivity index (χ3v) is 3.18. The molecule has 60 valence electrons. The molecule has 0 bridgehead atoms. The summed E-state index contributed by atoms with van der Waals surface area (Å²) >= 11 is 0. The van der Waals surface area contributed by atoms with E-state index in [9.17, 15) is 4.21 Å². The van der Waals surface area contributed by atoms with Gasteiger partial charge in [-0.1, -0.05) is 12.8 Å². The van der Waals surface area contributed by atoms with Crippen molar-refractivity contribution in [1.29, 1.82) is 0 Å². The van der Waals surface area contributed by atoms with E-state index in [0.717, 1.165) is 18.1 Å². The van der Waals surface area contributed by atoms with E-state index in [4.69, 9.17) is 5.73 Å². The minimum absolute atomic E-state index is 0.567. The van der Waals surface area contributed by atoms with Crippen molar-refractivity contribution in [2.24, 2.45) is 11.7 Å². The summed E-state index contributed by atoms with van der Waals surface area (Å²) in [5, 5.41) is 0. The lowest BCUT2D eigenvalue weighted by atomic mass is 10.3. The van der Waals surface area contributed by atoms with Gasteiger partial charge in [-0.15, -0.1) is 0 Å². The predicted molar refractivity (Wildman–Crippen MR) is 44.3 cm³/mol. The molecule has 10 heavy (non-hydrogen) atoms. The zero-order valence-electron chi connectivity index (χ0n) is 6.21. The Morgan fingerprint density at radius 1 is 1.40 bits per heavy atom. The fourth-order valence-electron chi connectivity index (χ4n) is 0.938. The van der Waals surface area contributed by atoms with Gasteiger partial charge < -0.3 is 5.73 Å². The Morgan fingerprint density at radius 3 is 2.60 bits per heavy atom. The maximum atomic E-state index is 11.0. The molecule has 1 saturated carbocycles. The Morgan fingerprint density at radius 2 is 2.10 bits per heavy atom. The quantitative estimate of drug-likeness (QED) is 0.638. The normalized spacial score (nSPS) is 20.9. The van der Waals surface area contributed by atoms with Crippen LogP contribution in [0, 0.1) is 5.92 Å². The minimum atomic E-state index is -0.626. The first kappa shape index (κ1) is 8.21. The molecular formula is C7H15NOS. The van der Waals surface area contributed by atoms with Gasteiger partial charge >= 0.3 is 0 Å². The molecule has 0 aromatic rings. The molecule has 2 nitrogen and oxygen atoms in total. The average molecular weight is 161 g/mol. The summed E-state index contributed by atoms with van der Waals surface area (Å²) < 4.78 is 11.0. The molecule has 0 aliphatic heterocycles. The molecule has 1 rings (SSSR count). The fraction of sp³-hybridized carbons (Fsp3) is 1.00. The van der Waals surface area contributed by atoms with Gasteiger partial charge in [-0.2, -0.15) is 0 Å². The zero-order chi connectivity index (χ0) is 7.40. The van der Waals surface area contributed by atoms with Crippen molar-refractivity contribution in [1.82, 2.24) is 0 Å². The van der Waals surface area contributed by atoms with Gasteiger partial charge in [0.15, 0.2) is 0 Å². The van der Waals surface area contributed by atoms with Crippen LogP contribution in [0.4, 0.5) is 0 Å². The molecule has 1 aliphatic rings. The molecule has 3 heteroatoms. The Balaban J connectivity index is 1.94. The van der Waals surface area contributed by atoms with Gasteiger partial charge in [0.05, 0.1) is 0 Å². The molecule has 1 fully saturated rings. The van der Waals surface area contributed by atoms with E-state index >= 15 is 0 Å². The smallest absolute Gasteiger partial charge is 0.0357 e. The highest BCUT2D eigenvalue weighted by atomic mass is 32.2. The number of hydrogen-bond acceptors (Lipinski definition) is 2. The maximum Gasteiger partial charge on any atom is 0.0357 e. The highest BCUT2D eigenvalue weighted by molar-refractivity contribution is 7.84. The number of hydrogen-bond donors (Lipinski definition) is 1. The van der Waals surface area contributed by atoms with Gasteiger partial charge in [-0.25, -0.2) is 0 Å². The van der Waals surface area contributed by atoms with Crippen molar-refractivity contribution in [3.8, 4) is 0 Å². The molecule has 0 saturated heterocycles. The first-order valence-electron chi connectivity index (χ1n) is 3.88. The van der Waals surface area contributed by atoms with Crippen molar-refractivity contribution < 1.29 is 4.21 Å². The lowest BCUT2D eigenvalue weighted by Gasteiger charge is -1.97. The zero-order valence-corrected chi connectivity index (χ0v) is 7.03. The van der Waals surface area contributed by atoms with Crippen LogP contribution in [-0.2, 0) is 10.8 Å². The molecule has 0 spiro atoms. The van der Waals surface area contributed by atoms with Gasteiger partial charge in [0.2, 0.25) is 0 Å². The van der Waals surface area contributed by atoms with E-state index in [1.165, 1.54) is 12.8 Å². The Bertz CT molecular complexity index is 123. The van der Waals surface area contributed by atoms with Gasteiger partial charge in [0, 0.05) is 28.9 Å². The fourth-order valence-corrected chi connectivity index (χ4v) is 2.00. The molecule has 2 N–H and O–H groups in total. The van der Waals surface area contributed by atoms with Gasteiger partial charge in [0.25, 0.3) is 0 Å². The maximum absolute atomic E-state index is 11.0. The summed E-state index contributed by atoms with van der Waals surface area (Å²) in [4.78, 5) is 0. The summed E-state index contributed by atoms with van der Waals surface area (Å²) in [6.45, 7) is 0.567. The van der Waals surface area contributed by atoms with Crippen LogP contribution in [0.25, 0.3) is 0 Å². The summed E-state index contributed by atoms with van der Waals surface area (Å²) in [5.41, 5.74) is 5.26. The minimum Gasteiger partial charge on any atom is -0.330 e. The van der Waals surface area contributed by atoms with Crippen LogP contribution >= 0.6 is 0 Å². The van der Waals surface area contributed by atoms with Crippen LogP contribution in [0.3, 0.4) is 0 Å². The second-order valence-corrected chi connectivity index (χ2v) is 4.56. The largest absolute Gasteiger partial charge is 0.330 e. The lowest BCUT2D eigenvalue weighted by Crippen LogP contribution is -2.12. The summed E-state index contributed by atoms with van der Waals surface area (Å²) in [6, 6.07) is 0. The van der Waals surface area contributed by atoms with E-state index < -0.39 is 10.8 Å². The molecule has 0 heterocycles. The second-order valence-electron chi connectivity index (χ2n) is 2.87. The van der Waals surface area contributed by atoms with Crippen molar-refractivity contribution in [3.63, 3.8) is 0 Å². The Kier molecular flexibility index (Phi) is 3.35. The highest BCUT2D eigenvalue weighted by Gasteiger charge is 2.21. The van der Waals surface area contributed by atoms with Crippen LogP contribution in [0.5, 0.6) is 0 Å². The van der Waals surface area contributed by atoms with Gasteiger partial charge in [-0.3, -0.25) is 4.21 Å². The van der Waals surface area contributed by atoms with Gasteiger partial charge in [0.1, 0.15) is 0 Å². The summed E-state index contributed by atoms with van der Waals surface area (Å²) in [5.74, 6) is 2.47. The van der Waals surface area contributed by atoms with Crippen molar-refractivity contribution in [3.05, 3.63) is 0 Å². The Labute approximate surface area is 64.6 Å². The standard InChI is InChI=1S/C7H15NOS/c8-4-6-10(9)5-3-7-1-2-7/h7H,1-6,8H2. The van der Waals surface area contributed by atoms with Crippen LogP contribution in [0.1, 0.15) is 19.3 Å². The first-order chi connectivity index (χ1) is 4.83. The molecule has 1 aliphatic carbocycles. The molecule has 0 aromatic heterocycles. The van der Waals surface area contributed by atoms with Crippen molar-refractivity contribution >= 4 is 10.8 Å². The molecule has 0 radical (unpaired) electrons. The van der Waals surface area contributed by atoms with Crippen LogP contribution < -0.4 is 5.73 Å². The molecule has 0 amide bonds. The predicted octanol–water partition coefficient (Wildman–Crippen LogP) is 0.494. The third-order valence-electron chi connectivity index (χ3n) is 1.80. The van der Waals surface area contributed by atoms with E-state index in [2.05, 4.69) is 0 Å². The molecule has 1 atom stereocenters. The van der Waals surface area contributed by atoms with E-state index in [1.807, 2.05) is 0 Å². The van der Waals surface area contributed by atoms with E-state index in [-0.39, 0.29) is 0 Å².